The largest absolute Gasteiger partial charge is 0.391 e. The van der Waals surface area contributed by atoms with Gasteiger partial charge in [0.1, 0.15) is 5.82 Å². The highest BCUT2D eigenvalue weighted by Crippen LogP contribution is 2.33. The number of aliphatic hydroxyl groups excluding tert-OH is 1. The summed E-state index contributed by atoms with van der Waals surface area (Å²) in [6.07, 6.45) is 0.389. The van der Waals surface area contributed by atoms with Gasteiger partial charge in [-0.25, -0.2) is 4.39 Å². The molecule has 5 nitrogen and oxygen atoms in total. The second-order valence-corrected chi connectivity index (χ2v) is 7.03. The monoisotopic (exact) mass is 349 g/mol. The van der Waals surface area contributed by atoms with E-state index in [1.165, 1.54) is 12.1 Å². The molecule has 3 rings (SSSR count). The van der Waals surface area contributed by atoms with Crippen LogP contribution in [0.1, 0.15) is 31.4 Å². The molecule has 138 valence electrons. The zero-order chi connectivity index (χ0) is 17.8. The Morgan fingerprint density at radius 3 is 2.64 bits per heavy atom. The first-order chi connectivity index (χ1) is 12.1. The Hall–Kier alpha value is -1.50. The average molecular weight is 349 g/mol. The zero-order valence-corrected chi connectivity index (χ0v) is 14.9. The SMILES string of the molecule is CCN1CCN(CCC(=O)N2C[C@@H](O)C[C@H]2c2cccc(F)c2)CC1. The fraction of sp³-hybridized carbons (Fsp3) is 0.632. The summed E-state index contributed by atoms with van der Waals surface area (Å²) in [5.74, 6) is -0.260. The van der Waals surface area contributed by atoms with E-state index in [0.29, 0.717) is 19.4 Å². The molecule has 2 aliphatic rings. The molecule has 0 unspecified atom stereocenters. The van der Waals surface area contributed by atoms with Gasteiger partial charge in [0, 0.05) is 45.7 Å². The normalized spacial score (nSPS) is 25.5. The van der Waals surface area contributed by atoms with E-state index in [1.807, 2.05) is 6.07 Å². The second-order valence-electron chi connectivity index (χ2n) is 7.03. The lowest BCUT2D eigenvalue weighted by Crippen LogP contribution is -2.47. The highest BCUT2D eigenvalue weighted by Gasteiger charge is 2.35. The highest BCUT2D eigenvalue weighted by atomic mass is 19.1. The molecule has 2 atom stereocenters. The molecule has 1 aromatic rings. The van der Waals surface area contributed by atoms with Crippen molar-refractivity contribution in [1.29, 1.82) is 0 Å². The number of β-amino-alcohol motifs (C(OH)–C–C–N with tert-alkyl or cyclic N) is 1. The molecule has 1 N–H and O–H groups in total. The molecule has 1 aromatic carbocycles. The third-order valence-corrected chi connectivity index (χ3v) is 5.39. The maximum absolute atomic E-state index is 13.5. The Morgan fingerprint density at radius 2 is 1.96 bits per heavy atom. The van der Waals surface area contributed by atoms with Gasteiger partial charge in [0.25, 0.3) is 0 Å². The molecule has 0 aromatic heterocycles. The molecule has 6 heteroatoms. The van der Waals surface area contributed by atoms with E-state index in [2.05, 4.69) is 16.7 Å². The molecule has 2 heterocycles. The number of likely N-dealkylation sites (N-methyl/N-ethyl adjacent to an activating group) is 1. The van der Waals surface area contributed by atoms with Gasteiger partial charge in [-0.05, 0) is 30.7 Å². The number of piperazine rings is 1. The summed E-state index contributed by atoms with van der Waals surface area (Å²) in [6, 6.07) is 6.13. The van der Waals surface area contributed by atoms with Crippen LogP contribution in [0.2, 0.25) is 0 Å². The fourth-order valence-corrected chi connectivity index (χ4v) is 3.85. The number of hydrogen-bond acceptors (Lipinski definition) is 4. The van der Waals surface area contributed by atoms with Crippen molar-refractivity contribution in [1.82, 2.24) is 14.7 Å². The summed E-state index contributed by atoms with van der Waals surface area (Å²) in [5, 5.41) is 10.0. The lowest BCUT2D eigenvalue weighted by Gasteiger charge is -2.34. The summed E-state index contributed by atoms with van der Waals surface area (Å²) < 4.78 is 13.5. The van der Waals surface area contributed by atoms with Crippen molar-refractivity contribution in [3.8, 4) is 0 Å². The summed E-state index contributed by atoms with van der Waals surface area (Å²) in [5.41, 5.74) is 0.765. The predicted molar refractivity (Wildman–Crippen MR) is 94.6 cm³/mol. The van der Waals surface area contributed by atoms with Gasteiger partial charge < -0.3 is 19.8 Å². The lowest BCUT2D eigenvalue weighted by atomic mass is 10.0. The van der Waals surface area contributed by atoms with E-state index in [-0.39, 0.29) is 17.8 Å². The van der Waals surface area contributed by atoms with Crippen molar-refractivity contribution in [3.63, 3.8) is 0 Å². The van der Waals surface area contributed by atoms with Gasteiger partial charge in [0.15, 0.2) is 0 Å². The maximum atomic E-state index is 13.5. The first-order valence-corrected chi connectivity index (χ1v) is 9.24. The van der Waals surface area contributed by atoms with Gasteiger partial charge in [-0.1, -0.05) is 19.1 Å². The predicted octanol–water partition coefficient (Wildman–Crippen LogP) is 1.49. The Labute approximate surface area is 149 Å². The van der Waals surface area contributed by atoms with Crippen LogP contribution in [0.15, 0.2) is 24.3 Å². The Morgan fingerprint density at radius 1 is 1.24 bits per heavy atom. The maximum Gasteiger partial charge on any atom is 0.224 e. The molecule has 2 aliphatic heterocycles. The Bertz CT molecular complexity index is 590. The number of likely N-dealkylation sites (tertiary alicyclic amines) is 1. The number of carbonyl (C=O) groups is 1. The second kappa shape index (κ2) is 8.25. The van der Waals surface area contributed by atoms with Crippen LogP contribution in [0.4, 0.5) is 4.39 Å². The number of rotatable bonds is 5. The van der Waals surface area contributed by atoms with Crippen LogP contribution in [-0.2, 0) is 4.79 Å². The summed E-state index contributed by atoms with van der Waals surface area (Å²) in [6.45, 7) is 8.44. The minimum Gasteiger partial charge on any atom is -0.391 e. The van der Waals surface area contributed by atoms with Crippen LogP contribution >= 0.6 is 0 Å². The molecule has 2 fully saturated rings. The van der Waals surface area contributed by atoms with E-state index in [9.17, 15) is 14.3 Å². The van der Waals surface area contributed by atoms with Gasteiger partial charge in [-0.2, -0.15) is 0 Å². The van der Waals surface area contributed by atoms with Crippen molar-refractivity contribution in [2.45, 2.75) is 31.9 Å². The molecule has 2 saturated heterocycles. The number of benzene rings is 1. The van der Waals surface area contributed by atoms with Crippen molar-refractivity contribution >= 4 is 5.91 Å². The lowest BCUT2D eigenvalue weighted by molar-refractivity contribution is -0.132. The Kier molecular flexibility index (Phi) is 6.04. The zero-order valence-electron chi connectivity index (χ0n) is 14.9. The summed E-state index contributed by atoms with van der Waals surface area (Å²) in [7, 11) is 0. The minimum atomic E-state index is -0.537. The van der Waals surface area contributed by atoms with Crippen LogP contribution in [0.3, 0.4) is 0 Å². The minimum absolute atomic E-state index is 0.0451. The number of carbonyl (C=O) groups excluding carboxylic acids is 1. The van der Waals surface area contributed by atoms with E-state index < -0.39 is 6.10 Å². The summed E-state index contributed by atoms with van der Waals surface area (Å²) in [4.78, 5) is 19.2. The molecule has 0 radical (unpaired) electrons. The number of hydrogen-bond donors (Lipinski definition) is 1. The van der Waals surface area contributed by atoms with Crippen LogP contribution in [-0.4, -0.2) is 77.6 Å². The van der Waals surface area contributed by atoms with Gasteiger partial charge in [-0.15, -0.1) is 0 Å². The van der Waals surface area contributed by atoms with Gasteiger partial charge >= 0.3 is 0 Å². The van der Waals surface area contributed by atoms with Crippen molar-refractivity contribution in [2.24, 2.45) is 0 Å². The average Bonchev–Trinajstić information content (AvgIpc) is 3.02. The number of amides is 1. The smallest absolute Gasteiger partial charge is 0.224 e. The van der Waals surface area contributed by atoms with E-state index in [4.69, 9.17) is 0 Å². The first kappa shape index (κ1) is 18.3. The van der Waals surface area contributed by atoms with E-state index in [0.717, 1.165) is 44.8 Å². The quantitative estimate of drug-likeness (QED) is 0.875. The summed E-state index contributed by atoms with van der Waals surface area (Å²) >= 11 is 0. The molecular weight excluding hydrogens is 321 g/mol. The Balaban J connectivity index is 1.57. The first-order valence-electron chi connectivity index (χ1n) is 9.24. The van der Waals surface area contributed by atoms with Crippen molar-refractivity contribution < 1.29 is 14.3 Å². The number of halogens is 1. The molecule has 0 spiro atoms. The van der Waals surface area contributed by atoms with Crippen molar-refractivity contribution in [3.05, 3.63) is 35.6 Å². The topological polar surface area (TPSA) is 47.0 Å². The molecule has 0 aliphatic carbocycles. The third-order valence-electron chi connectivity index (χ3n) is 5.39. The standard InChI is InChI=1S/C19H28FN3O2/c1-2-21-8-10-22(11-9-21)7-6-19(25)23-14-17(24)13-18(23)15-4-3-5-16(20)12-15/h3-5,12,17-18,24H,2,6-11,13-14H2,1H3/t17-,18-/m0/s1. The number of aliphatic hydroxyl groups is 1. The third kappa shape index (κ3) is 4.57. The van der Waals surface area contributed by atoms with Crippen LogP contribution in [0.25, 0.3) is 0 Å². The molecule has 1 amide bonds. The molecule has 0 saturated carbocycles. The van der Waals surface area contributed by atoms with Gasteiger partial charge in [-0.3, -0.25) is 4.79 Å². The van der Waals surface area contributed by atoms with Gasteiger partial charge in [0.2, 0.25) is 5.91 Å². The van der Waals surface area contributed by atoms with Crippen LogP contribution in [0, 0.1) is 5.82 Å². The van der Waals surface area contributed by atoms with Crippen LogP contribution < -0.4 is 0 Å². The molecular formula is C19H28FN3O2. The van der Waals surface area contributed by atoms with Crippen LogP contribution in [0.5, 0.6) is 0 Å². The van der Waals surface area contributed by atoms with Gasteiger partial charge in [0.05, 0.1) is 12.1 Å². The fourth-order valence-electron chi connectivity index (χ4n) is 3.85. The molecule has 25 heavy (non-hydrogen) atoms. The van der Waals surface area contributed by atoms with E-state index >= 15 is 0 Å². The van der Waals surface area contributed by atoms with Crippen molar-refractivity contribution in [2.75, 3.05) is 45.8 Å². The number of nitrogens with zero attached hydrogens (tertiary/aromatic N) is 3. The van der Waals surface area contributed by atoms with E-state index in [1.54, 1.807) is 11.0 Å². The molecule has 0 bridgehead atoms. The highest BCUT2D eigenvalue weighted by molar-refractivity contribution is 5.77.